The number of hydrogen-bond donors (Lipinski definition) is 1. The monoisotopic (exact) mass is 297 g/mol. The number of likely N-dealkylation sites (tertiary alicyclic amines) is 1. The Morgan fingerprint density at radius 3 is 2.95 bits per heavy atom. The molecular weight excluding hydrogens is 274 g/mol. The standard InChI is InChI=1S/C18H23N3O/c1-10-15-8-11-14(21(15)3)5-4-13-16(11)12(17(19)22)9-20-7-6-18(10,13)2/h7,9-10,15H,4-6,8H2,1-3H3,(H2,19,22). The van der Waals surface area contributed by atoms with Crippen LogP contribution in [0.15, 0.2) is 39.2 Å². The summed E-state index contributed by atoms with van der Waals surface area (Å²) in [5.74, 6) is 0.166. The van der Waals surface area contributed by atoms with Gasteiger partial charge in [-0.1, -0.05) is 19.4 Å². The Morgan fingerprint density at radius 1 is 1.45 bits per heavy atom. The van der Waals surface area contributed by atoms with E-state index in [0.717, 1.165) is 31.3 Å². The Kier molecular flexibility index (Phi) is 2.72. The van der Waals surface area contributed by atoms with Crippen molar-refractivity contribution in [1.82, 2.24) is 4.90 Å². The van der Waals surface area contributed by atoms with E-state index in [0.29, 0.717) is 17.5 Å². The fraction of sp³-hybridized carbons (Fsp3) is 0.556. The molecule has 2 N–H and O–H groups in total. The summed E-state index contributed by atoms with van der Waals surface area (Å²) >= 11 is 0. The fourth-order valence-corrected chi connectivity index (χ4v) is 5.04. The molecule has 0 saturated heterocycles. The van der Waals surface area contributed by atoms with Crippen molar-refractivity contribution >= 4 is 12.1 Å². The zero-order valence-electron chi connectivity index (χ0n) is 13.5. The van der Waals surface area contributed by atoms with Gasteiger partial charge in [0.25, 0.3) is 5.91 Å². The molecule has 0 saturated carbocycles. The molecule has 0 fully saturated rings. The van der Waals surface area contributed by atoms with Crippen molar-refractivity contribution in [2.45, 2.75) is 45.6 Å². The van der Waals surface area contributed by atoms with Gasteiger partial charge >= 0.3 is 0 Å². The normalized spacial score (nSPS) is 36.3. The highest BCUT2D eigenvalue weighted by Gasteiger charge is 2.51. The maximum Gasteiger partial charge on any atom is 0.250 e. The molecule has 22 heavy (non-hydrogen) atoms. The third-order valence-electron chi connectivity index (χ3n) is 6.53. The van der Waals surface area contributed by atoms with E-state index in [1.807, 2.05) is 6.21 Å². The van der Waals surface area contributed by atoms with Crippen LogP contribution >= 0.6 is 0 Å². The second-order valence-electron chi connectivity index (χ2n) is 7.31. The first-order valence-corrected chi connectivity index (χ1v) is 8.16. The zero-order valence-corrected chi connectivity index (χ0v) is 13.5. The van der Waals surface area contributed by atoms with E-state index in [1.165, 1.54) is 16.8 Å². The molecule has 0 spiro atoms. The molecule has 3 atom stereocenters. The summed E-state index contributed by atoms with van der Waals surface area (Å²) in [5.41, 5.74) is 11.7. The lowest BCUT2D eigenvalue weighted by Crippen LogP contribution is -2.44. The highest BCUT2D eigenvalue weighted by molar-refractivity contribution is 5.99. The molecule has 0 radical (unpaired) electrons. The van der Waals surface area contributed by atoms with E-state index in [2.05, 4.69) is 30.8 Å². The van der Waals surface area contributed by atoms with Crippen LogP contribution in [0.1, 0.15) is 39.5 Å². The van der Waals surface area contributed by atoms with Gasteiger partial charge in [0.2, 0.25) is 0 Å². The van der Waals surface area contributed by atoms with Crippen molar-refractivity contribution in [2.24, 2.45) is 22.1 Å². The van der Waals surface area contributed by atoms with Crippen LogP contribution in [0.3, 0.4) is 0 Å². The number of nitrogens with zero attached hydrogens (tertiary/aromatic N) is 2. The zero-order chi connectivity index (χ0) is 15.6. The fourth-order valence-electron chi connectivity index (χ4n) is 5.04. The molecule has 4 heteroatoms. The minimum atomic E-state index is -0.358. The number of aliphatic imine (C=N–C) groups is 1. The van der Waals surface area contributed by atoms with E-state index in [9.17, 15) is 4.79 Å². The lowest BCUT2D eigenvalue weighted by Gasteiger charge is -2.47. The highest BCUT2D eigenvalue weighted by Crippen LogP contribution is 2.58. The number of nitrogens with two attached hydrogens (primary N) is 1. The van der Waals surface area contributed by atoms with Gasteiger partial charge in [0.15, 0.2) is 0 Å². The number of hydrogen-bond acceptors (Lipinski definition) is 3. The van der Waals surface area contributed by atoms with Crippen LogP contribution in [0, 0.1) is 11.3 Å². The number of allylic oxidation sites excluding steroid dienone is 2. The Morgan fingerprint density at radius 2 is 2.23 bits per heavy atom. The van der Waals surface area contributed by atoms with Crippen LogP contribution in [-0.4, -0.2) is 30.1 Å². The van der Waals surface area contributed by atoms with Crippen molar-refractivity contribution in [3.63, 3.8) is 0 Å². The van der Waals surface area contributed by atoms with E-state index in [4.69, 9.17) is 5.73 Å². The summed E-state index contributed by atoms with van der Waals surface area (Å²) in [5, 5.41) is 0. The number of carbonyl (C=O) groups is 1. The van der Waals surface area contributed by atoms with Gasteiger partial charge < -0.3 is 10.6 Å². The molecule has 116 valence electrons. The topological polar surface area (TPSA) is 58.7 Å². The third-order valence-corrected chi connectivity index (χ3v) is 6.53. The molecule has 5 bridgehead atoms. The molecule has 2 aliphatic carbocycles. The number of primary amides is 1. The first kappa shape index (κ1) is 13.8. The number of fused-ring (bicyclic) bond motifs is 1. The third kappa shape index (κ3) is 1.53. The van der Waals surface area contributed by atoms with E-state index >= 15 is 0 Å². The Labute approximate surface area is 131 Å². The van der Waals surface area contributed by atoms with Crippen LogP contribution in [0.4, 0.5) is 0 Å². The lowest BCUT2D eigenvalue weighted by atomic mass is 9.63. The quantitative estimate of drug-likeness (QED) is 0.808. The summed E-state index contributed by atoms with van der Waals surface area (Å²) in [6.45, 7) is 4.71. The first-order chi connectivity index (χ1) is 10.4. The molecule has 2 heterocycles. The van der Waals surface area contributed by atoms with Gasteiger partial charge in [-0.25, -0.2) is 0 Å². The van der Waals surface area contributed by atoms with Crippen LogP contribution in [0.2, 0.25) is 0 Å². The predicted molar refractivity (Wildman–Crippen MR) is 87.1 cm³/mol. The summed E-state index contributed by atoms with van der Waals surface area (Å²) in [4.78, 5) is 18.9. The van der Waals surface area contributed by atoms with Gasteiger partial charge in [-0.15, -0.1) is 0 Å². The summed E-state index contributed by atoms with van der Waals surface area (Å²) < 4.78 is 0. The first-order valence-electron chi connectivity index (χ1n) is 8.16. The summed E-state index contributed by atoms with van der Waals surface area (Å²) in [6.07, 6.45) is 7.73. The second-order valence-corrected chi connectivity index (χ2v) is 7.31. The number of amides is 1. The molecule has 1 amide bonds. The van der Waals surface area contributed by atoms with Gasteiger partial charge in [-0.3, -0.25) is 9.79 Å². The van der Waals surface area contributed by atoms with Gasteiger partial charge in [0.1, 0.15) is 0 Å². The smallest absolute Gasteiger partial charge is 0.250 e. The van der Waals surface area contributed by atoms with E-state index < -0.39 is 0 Å². The molecule has 0 aromatic rings. The Balaban J connectivity index is 2.06. The van der Waals surface area contributed by atoms with Gasteiger partial charge in [-0.05, 0) is 48.2 Å². The number of carbonyl (C=O) groups excluding carboxylic acids is 1. The van der Waals surface area contributed by atoms with Crippen molar-refractivity contribution in [2.75, 3.05) is 7.05 Å². The molecule has 3 unspecified atom stereocenters. The molecule has 4 aliphatic rings. The Bertz CT molecular complexity index is 697. The maximum atomic E-state index is 12.1. The second kappa shape index (κ2) is 4.34. The van der Waals surface area contributed by atoms with Crippen molar-refractivity contribution in [3.05, 3.63) is 34.2 Å². The Hall–Kier alpha value is -1.84. The molecular formula is C18H23N3O. The average molecular weight is 297 g/mol. The van der Waals surface area contributed by atoms with E-state index in [1.54, 1.807) is 6.20 Å². The van der Waals surface area contributed by atoms with Gasteiger partial charge in [0.05, 0.1) is 5.57 Å². The van der Waals surface area contributed by atoms with Gasteiger partial charge in [-0.2, -0.15) is 0 Å². The van der Waals surface area contributed by atoms with Crippen molar-refractivity contribution in [3.8, 4) is 0 Å². The largest absolute Gasteiger partial charge is 0.374 e. The molecule has 4 rings (SSSR count). The van der Waals surface area contributed by atoms with Gasteiger partial charge in [0, 0.05) is 31.2 Å². The van der Waals surface area contributed by atoms with Crippen LogP contribution < -0.4 is 5.73 Å². The minimum absolute atomic E-state index is 0.0560. The summed E-state index contributed by atoms with van der Waals surface area (Å²) in [7, 11) is 2.21. The van der Waals surface area contributed by atoms with Crippen LogP contribution in [-0.2, 0) is 4.79 Å². The predicted octanol–water partition coefficient (Wildman–Crippen LogP) is 2.53. The van der Waals surface area contributed by atoms with Crippen LogP contribution in [0.5, 0.6) is 0 Å². The van der Waals surface area contributed by atoms with Crippen LogP contribution in [0.25, 0.3) is 0 Å². The average Bonchev–Trinajstić information content (AvgIpc) is 2.77. The SMILES string of the molecule is CC1C2CC3=C(CCC4=C3C(C(N)=O)=CN=CCC41C)N2C. The van der Waals surface area contributed by atoms with E-state index in [-0.39, 0.29) is 11.3 Å². The van der Waals surface area contributed by atoms with Crippen molar-refractivity contribution < 1.29 is 4.79 Å². The molecule has 0 aromatic heterocycles. The van der Waals surface area contributed by atoms with Crippen molar-refractivity contribution in [1.29, 1.82) is 0 Å². The molecule has 2 aliphatic heterocycles. The maximum absolute atomic E-state index is 12.1. The summed E-state index contributed by atoms with van der Waals surface area (Å²) in [6, 6.07) is 0.517. The lowest BCUT2D eigenvalue weighted by molar-refractivity contribution is -0.114. The highest BCUT2D eigenvalue weighted by atomic mass is 16.1. The number of rotatable bonds is 1. The minimum Gasteiger partial charge on any atom is -0.374 e. The molecule has 4 nitrogen and oxygen atoms in total. The molecule has 0 aromatic carbocycles.